The van der Waals surface area contributed by atoms with E-state index in [0.29, 0.717) is 22.0 Å². The van der Waals surface area contributed by atoms with Crippen molar-refractivity contribution in [2.45, 2.75) is 26.8 Å². The summed E-state index contributed by atoms with van der Waals surface area (Å²) in [5.41, 5.74) is 2.46. The van der Waals surface area contributed by atoms with E-state index < -0.39 is 29.7 Å². The van der Waals surface area contributed by atoms with Crippen LogP contribution in [0.2, 0.25) is 5.02 Å². The predicted octanol–water partition coefficient (Wildman–Crippen LogP) is 3.25. The second-order valence-corrected chi connectivity index (χ2v) is 7.56. The number of imide groups is 1. The molecule has 0 aliphatic carbocycles. The molecule has 154 valence electrons. The summed E-state index contributed by atoms with van der Waals surface area (Å²) in [6, 6.07) is 11.4. The number of hydrogen-bond donors (Lipinski definition) is 0. The van der Waals surface area contributed by atoms with Gasteiger partial charge in [-0.05, 0) is 50.1 Å². The highest BCUT2D eigenvalue weighted by molar-refractivity contribution is 6.47. The summed E-state index contributed by atoms with van der Waals surface area (Å²) in [4.78, 5) is 40.6. The summed E-state index contributed by atoms with van der Waals surface area (Å²) >= 11 is 6.22. The summed E-state index contributed by atoms with van der Waals surface area (Å²) in [6.45, 7) is 5.43. The number of ether oxygens (including phenoxy) is 1. The first-order valence-electron chi connectivity index (χ1n) is 9.60. The quantitative estimate of drug-likeness (QED) is 0.555. The molecule has 0 spiro atoms. The third kappa shape index (κ3) is 2.97. The standard InChI is InChI=1S/C22H20ClN3O4/c1-4-30-22(29)18-17-19(26(24-18)15-10-6-5-8-12(15)2)21(28)25(20(17)27)16-11-7-9-14(23)13(16)3/h5-11,17,19H,4H2,1-3H3/t17-,19+/m0/s1. The van der Waals surface area contributed by atoms with Crippen molar-refractivity contribution >= 4 is 46.5 Å². The molecule has 0 radical (unpaired) electrons. The molecular weight excluding hydrogens is 406 g/mol. The van der Waals surface area contributed by atoms with E-state index in [1.54, 1.807) is 38.1 Å². The lowest BCUT2D eigenvalue weighted by atomic mass is 9.97. The second-order valence-electron chi connectivity index (χ2n) is 7.16. The van der Waals surface area contributed by atoms with Crippen LogP contribution in [0.15, 0.2) is 47.6 Å². The Bertz CT molecular complexity index is 1100. The van der Waals surface area contributed by atoms with Crippen LogP contribution in [-0.2, 0) is 19.1 Å². The van der Waals surface area contributed by atoms with Gasteiger partial charge in [-0.3, -0.25) is 14.6 Å². The van der Waals surface area contributed by atoms with Gasteiger partial charge in [0, 0.05) is 5.02 Å². The fourth-order valence-electron chi connectivity index (χ4n) is 3.88. The Morgan fingerprint density at radius 3 is 2.47 bits per heavy atom. The number of aryl methyl sites for hydroxylation is 1. The van der Waals surface area contributed by atoms with Gasteiger partial charge in [0.05, 0.1) is 18.0 Å². The topological polar surface area (TPSA) is 79.3 Å². The van der Waals surface area contributed by atoms with Gasteiger partial charge in [-0.25, -0.2) is 9.69 Å². The van der Waals surface area contributed by atoms with E-state index in [0.717, 1.165) is 10.5 Å². The molecule has 30 heavy (non-hydrogen) atoms. The van der Waals surface area contributed by atoms with Gasteiger partial charge < -0.3 is 4.74 Å². The fraction of sp³-hybridized carbons (Fsp3) is 0.273. The van der Waals surface area contributed by atoms with E-state index in [1.807, 2.05) is 25.1 Å². The molecule has 1 saturated heterocycles. The zero-order chi connectivity index (χ0) is 21.6. The van der Waals surface area contributed by atoms with Crippen molar-refractivity contribution in [1.82, 2.24) is 0 Å². The van der Waals surface area contributed by atoms with Crippen molar-refractivity contribution in [2.24, 2.45) is 11.0 Å². The number of esters is 1. The van der Waals surface area contributed by atoms with Crippen LogP contribution in [0.3, 0.4) is 0 Å². The Morgan fingerprint density at radius 2 is 1.77 bits per heavy atom. The second kappa shape index (κ2) is 7.57. The minimum atomic E-state index is -1.05. The SMILES string of the molecule is CCOC(=O)C1=NN(c2ccccc2C)[C@H]2C(=O)N(c3cccc(Cl)c3C)C(=O)[C@@H]12. The highest BCUT2D eigenvalue weighted by Crippen LogP contribution is 2.40. The monoisotopic (exact) mass is 425 g/mol. The number of nitrogens with zero attached hydrogens (tertiary/aromatic N) is 3. The highest BCUT2D eigenvalue weighted by Gasteiger charge is 2.59. The van der Waals surface area contributed by atoms with Crippen LogP contribution in [0.5, 0.6) is 0 Å². The van der Waals surface area contributed by atoms with E-state index in [4.69, 9.17) is 16.3 Å². The number of carbonyl (C=O) groups is 3. The van der Waals surface area contributed by atoms with E-state index in [2.05, 4.69) is 5.10 Å². The number of para-hydroxylation sites is 1. The van der Waals surface area contributed by atoms with Crippen molar-refractivity contribution in [3.05, 3.63) is 58.6 Å². The molecule has 2 aliphatic rings. The molecule has 2 aromatic carbocycles. The Hall–Kier alpha value is -3.19. The molecule has 2 aliphatic heterocycles. The smallest absolute Gasteiger partial charge is 0.355 e. The van der Waals surface area contributed by atoms with Crippen LogP contribution in [0.4, 0.5) is 11.4 Å². The molecule has 2 aromatic rings. The average molecular weight is 426 g/mol. The normalized spacial score (nSPS) is 20.5. The average Bonchev–Trinajstić information content (AvgIpc) is 3.22. The molecular formula is C22H20ClN3O4. The van der Waals surface area contributed by atoms with Crippen LogP contribution in [0, 0.1) is 19.8 Å². The van der Waals surface area contributed by atoms with Crippen LogP contribution < -0.4 is 9.91 Å². The first-order chi connectivity index (χ1) is 14.4. The number of hydrazone groups is 1. The Labute approximate surface area is 178 Å². The maximum absolute atomic E-state index is 13.5. The molecule has 0 aromatic heterocycles. The number of rotatable bonds is 4. The molecule has 1 fully saturated rings. The summed E-state index contributed by atoms with van der Waals surface area (Å²) < 4.78 is 5.12. The van der Waals surface area contributed by atoms with Crippen molar-refractivity contribution in [2.75, 3.05) is 16.5 Å². The summed E-state index contributed by atoms with van der Waals surface area (Å²) in [5, 5.41) is 6.28. The Morgan fingerprint density at radius 1 is 1.07 bits per heavy atom. The third-order valence-electron chi connectivity index (χ3n) is 5.38. The fourth-order valence-corrected chi connectivity index (χ4v) is 4.05. The summed E-state index contributed by atoms with van der Waals surface area (Å²) in [5.74, 6) is -2.72. The van der Waals surface area contributed by atoms with Crippen LogP contribution in [0.25, 0.3) is 0 Å². The van der Waals surface area contributed by atoms with Crippen LogP contribution >= 0.6 is 11.6 Å². The van der Waals surface area contributed by atoms with Gasteiger partial charge in [-0.15, -0.1) is 0 Å². The molecule has 7 nitrogen and oxygen atoms in total. The van der Waals surface area contributed by atoms with Gasteiger partial charge in [0.1, 0.15) is 12.0 Å². The number of halogens is 1. The molecule has 2 heterocycles. The third-order valence-corrected chi connectivity index (χ3v) is 5.79. The van der Waals surface area contributed by atoms with Gasteiger partial charge in [0.2, 0.25) is 5.91 Å². The van der Waals surface area contributed by atoms with E-state index in [-0.39, 0.29) is 12.3 Å². The summed E-state index contributed by atoms with van der Waals surface area (Å²) in [7, 11) is 0. The van der Waals surface area contributed by atoms with Crippen molar-refractivity contribution in [3.63, 3.8) is 0 Å². The minimum Gasteiger partial charge on any atom is -0.461 e. The lowest BCUT2D eigenvalue weighted by Gasteiger charge is -2.24. The minimum absolute atomic E-state index is 0.0642. The van der Waals surface area contributed by atoms with Crippen LogP contribution in [-0.4, -0.2) is 36.1 Å². The Balaban J connectivity index is 1.84. The molecule has 2 amide bonds. The number of benzene rings is 2. The zero-order valence-electron chi connectivity index (χ0n) is 16.8. The highest BCUT2D eigenvalue weighted by atomic mass is 35.5. The van der Waals surface area contributed by atoms with Crippen molar-refractivity contribution in [1.29, 1.82) is 0 Å². The largest absolute Gasteiger partial charge is 0.461 e. The molecule has 0 bridgehead atoms. The summed E-state index contributed by atoms with van der Waals surface area (Å²) in [6.07, 6.45) is 0. The number of fused-ring (bicyclic) bond motifs is 1. The first-order valence-corrected chi connectivity index (χ1v) is 9.98. The number of amides is 2. The number of carbonyl (C=O) groups excluding carboxylic acids is 3. The molecule has 0 N–H and O–H groups in total. The van der Waals surface area contributed by atoms with E-state index in [1.165, 1.54) is 5.01 Å². The first kappa shape index (κ1) is 20.1. The van der Waals surface area contributed by atoms with E-state index in [9.17, 15) is 14.4 Å². The maximum atomic E-state index is 13.5. The number of hydrogen-bond acceptors (Lipinski definition) is 6. The molecule has 0 unspecified atom stereocenters. The molecule has 0 saturated carbocycles. The van der Waals surface area contributed by atoms with Gasteiger partial charge in [0.25, 0.3) is 5.91 Å². The van der Waals surface area contributed by atoms with Gasteiger partial charge in [-0.2, -0.15) is 5.10 Å². The van der Waals surface area contributed by atoms with Gasteiger partial charge in [0.15, 0.2) is 5.71 Å². The Kier molecular flexibility index (Phi) is 5.07. The van der Waals surface area contributed by atoms with E-state index >= 15 is 0 Å². The van der Waals surface area contributed by atoms with Crippen molar-refractivity contribution < 1.29 is 19.1 Å². The molecule has 2 atom stereocenters. The molecule has 4 rings (SSSR count). The van der Waals surface area contributed by atoms with Gasteiger partial charge >= 0.3 is 5.97 Å². The zero-order valence-corrected chi connectivity index (χ0v) is 17.5. The van der Waals surface area contributed by atoms with Gasteiger partial charge in [-0.1, -0.05) is 35.9 Å². The maximum Gasteiger partial charge on any atom is 0.355 e. The lowest BCUT2D eigenvalue weighted by molar-refractivity contribution is -0.136. The predicted molar refractivity (Wildman–Crippen MR) is 114 cm³/mol. The van der Waals surface area contributed by atoms with Crippen LogP contribution in [0.1, 0.15) is 18.1 Å². The van der Waals surface area contributed by atoms with Crippen molar-refractivity contribution in [3.8, 4) is 0 Å². The lowest BCUT2D eigenvalue weighted by Crippen LogP contribution is -2.39. The molecule has 8 heteroatoms. The number of anilines is 2.